The average Bonchev–Trinajstić information content (AvgIpc) is 2.54. The van der Waals surface area contributed by atoms with Crippen molar-refractivity contribution in [3.05, 3.63) is 40.0 Å². The maximum atomic E-state index is 13.6. The molecule has 1 aromatic carbocycles. The van der Waals surface area contributed by atoms with E-state index in [0.29, 0.717) is 7.11 Å². The van der Waals surface area contributed by atoms with Crippen molar-refractivity contribution in [3.63, 3.8) is 0 Å². The zero-order valence-electron chi connectivity index (χ0n) is 12.9. The highest BCUT2D eigenvalue weighted by molar-refractivity contribution is 8.10. The van der Waals surface area contributed by atoms with Crippen LogP contribution in [0.15, 0.2) is 30.3 Å². The number of esters is 1. The number of carbonyl (C=O) groups is 1. The van der Waals surface area contributed by atoms with Gasteiger partial charge in [-0.3, -0.25) is 4.18 Å². The maximum absolute atomic E-state index is 13.6. The van der Waals surface area contributed by atoms with Crippen LogP contribution in [0, 0.1) is 0 Å². The largest absolute Gasteiger partial charge is 0.462 e. The molecule has 0 aliphatic rings. The van der Waals surface area contributed by atoms with Crippen LogP contribution in [0.2, 0.25) is 0 Å². The summed E-state index contributed by atoms with van der Waals surface area (Å²) in [6, 6.07) is 6.96. The lowest BCUT2D eigenvalue weighted by Gasteiger charge is -2.31. The molecule has 14 heteroatoms. The average molecular weight is 422 g/mol. The van der Waals surface area contributed by atoms with Gasteiger partial charge in [0.15, 0.2) is 10.0 Å². The third-order valence-corrected chi connectivity index (χ3v) is 5.69. The standard InChI is InChI=1S/C12H12F4NO7S2/c1-23-26(21,22)17-25(19,20)12(15,16)11(13,14)7-8-24-10(18)9-5-3-2-4-6-9/h2-6H,7-8H2,1H3/q-1. The third kappa shape index (κ3) is 5.12. The number of sulfonamides is 1. The molecule has 0 saturated carbocycles. The number of alkyl halides is 4. The summed E-state index contributed by atoms with van der Waals surface area (Å²) in [5.41, 5.74) is -0.0450. The summed E-state index contributed by atoms with van der Waals surface area (Å²) in [7, 11) is -11.5. The Balaban J connectivity index is 2.83. The first-order valence-electron chi connectivity index (χ1n) is 6.53. The Labute approximate surface area is 146 Å². The quantitative estimate of drug-likeness (QED) is 0.441. The van der Waals surface area contributed by atoms with Crippen LogP contribution in [-0.2, 0) is 29.2 Å². The van der Waals surface area contributed by atoms with E-state index in [1.54, 1.807) is 10.2 Å². The van der Waals surface area contributed by atoms with Gasteiger partial charge in [0.25, 0.3) is 0 Å². The molecule has 1 aromatic rings. The number of carbonyl (C=O) groups excluding carboxylic acids is 1. The third-order valence-electron chi connectivity index (χ3n) is 2.81. The van der Waals surface area contributed by atoms with E-state index >= 15 is 0 Å². The molecular weight excluding hydrogens is 410 g/mol. The van der Waals surface area contributed by atoms with Gasteiger partial charge < -0.3 is 8.86 Å². The van der Waals surface area contributed by atoms with E-state index in [0.717, 1.165) is 0 Å². The number of ether oxygens (including phenoxy) is 1. The molecule has 0 aromatic heterocycles. The first-order chi connectivity index (χ1) is 11.8. The van der Waals surface area contributed by atoms with E-state index in [9.17, 15) is 39.2 Å². The van der Waals surface area contributed by atoms with Crippen molar-refractivity contribution in [2.24, 2.45) is 0 Å². The summed E-state index contributed by atoms with van der Waals surface area (Å²) >= 11 is 0. The minimum absolute atomic E-state index is 0.0450. The van der Waals surface area contributed by atoms with Crippen molar-refractivity contribution < 1.29 is 48.1 Å². The van der Waals surface area contributed by atoms with Gasteiger partial charge >= 0.3 is 17.1 Å². The van der Waals surface area contributed by atoms with Crippen molar-refractivity contribution >= 4 is 26.3 Å². The number of halogens is 4. The second-order valence-electron chi connectivity index (χ2n) is 4.62. The second kappa shape index (κ2) is 7.85. The van der Waals surface area contributed by atoms with Crippen molar-refractivity contribution in [2.45, 2.75) is 17.6 Å². The Kier molecular flexibility index (Phi) is 6.73. The van der Waals surface area contributed by atoms with Gasteiger partial charge in [-0.05, 0) is 12.1 Å². The number of hydrogen-bond donors (Lipinski definition) is 0. The fraction of sp³-hybridized carbons (Fsp3) is 0.417. The van der Waals surface area contributed by atoms with Crippen LogP contribution in [0.3, 0.4) is 0 Å². The van der Waals surface area contributed by atoms with Crippen molar-refractivity contribution in [1.82, 2.24) is 0 Å². The van der Waals surface area contributed by atoms with E-state index in [2.05, 4.69) is 8.92 Å². The smallest absolute Gasteiger partial charge is 0.392 e. The Morgan fingerprint density at radius 1 is 1.08 bits per heavy atom. The van der Waals surface area contributed by atoms with E-state index < -0.39 is 50.5 Å². The van der Waals surface area contributed by atoms with Gasteiger partial charge in [-0.1, -0.05) is 18.2 Å². The van der Waals surface area contributed by atoms with E-state index in [1.807, 2.05) is 0 Å². The molecule has 0 unspecified atom stereocenters. The lowest BCUT2D eigenvalue weighted by molar-refractivity contribution is -0.164. The Hall–Kier alpha value is -1.77. The second-order valence-corrected chi connectivity index (χ2v) is 7.87. The Morgan fingerprint density at radius 2 is 1.62 bits per heavy atom. The fourth-order valence-corrected chi connectivity index (χ4v) is 3.52. The normalized spacial score (nSPS) is 13.4. The minimum atomic E-state index is -6.50. The lowest BCUT2D eigenvalue weighted by Crippen LogP contribution is -2.47. The predicted octanol–water partition coefficient (Wildman–Crippen LogP) is 2.06. The molecule has 0 spiro atoms. The Bertz CT molecular complexity index is 842. The van der Waals surface area contributed by atoms with Crippen molar-refractivity contribution in [2.75, 3.05) is 13.7 Å². The number of rotatable bonds is 9. The predicted molar refractivity (Wildman–Crippen MR) is 79.4 cm³/mol. The molecule has 0 radical (unpaired) electrons. The summed E-state index contributed by atoms with van der Waals surface area (Å²) in [5, 5.41) is -5.88. The van der Waals surface area contributed by atoms with Gasteiger partial charge in [-0.15, -0.1) is 0 Å². The van der Waals surface area contributed by atoms with Gasteiger partial charge in [0.05, 0.1) is 25.7 Å². The molecule has 0 aliphatic carbocycles. The maximum Gasteiger partial charge on any atom is 0.392 e. The molecule has 0 atom stereocenters. The summed E-state index contributed by atoms with van der Waals surface area (Å²) < 4.78 is 108. The number of benzene rings is 1. The molecule has 0 aliphatic heterocycles. The fourth-order valence-electron chi connectivity index (χ4n) is 1.46. The molecule has 26 heavy (non-hydrogen) atoms. The highest BCUT2D eigenvalue weighted by atomic mass is 32.3. The summed E-state index contributed by atoms with van der Waals surface area (Å²) in [6.45, 7) is -1.26. The molecule has 0 fully saturated rings. The van der Waals surface area contributed by atoms with Crippen LogP contribution < -0.4 is 0 Å². The van der Waals surface area contributed by atoms with Gasteiger partial charge in [-0.25, -0.2) is 21.6 Å². The molecule has 0 heterocycles. The minimum Gasteiger partial charge on any atom is -0.462 e. The topological polar surface area (TPSA) is 118 Å². The van der Waals surface area contributed by atoms with Crippen molar-refractivity contribution in [1.29, 1.82) is 0 Å². The van der Waals surface area contributed by atoms with Crippen LogP contribution in [0.1, 0.15) is 16.8 Å². The molecule has 0 N–H and O–H groups in total. The molecule has 0 saturated heterocycles. The molecule has 1 rings (SSSR count). The van der Waals surface area contributed by atoms with Crippen LogP contribution >= 0.6 is 0 Å². The van der Waals surface area contributed by atoms with Gasteiger partial charge in [0, 0.05) is 0 Å². The molecule has 148 valence electrons. The molecule has 0 bridgehead atoms. The first kappa shape index (κ1) is 22.3. The number of hydrogen-bond acceptors (Lipinski definition) is 7. The number of nitrogens with zero attached hydrogens (tertiary/aromatic N) is 1. The van der Waals surface area contributed by atoms with Gasteiger partial charge in [0.1, 0.15) is 0 Å². The zero-order chi connectivity index (χ0) is 20.2. The summed E-state index contributed by atoms with van der Waals surface area (Å²) in [4.78, 5) is 11.5. The summed E-state index contributed by atoms with van der Waals surface area (Å²) in [6.07, 6.45) is -1.90. The van der Waals surface area contributed by atoms with E-state index in [-0.39, 0.29) is 5.56 Å². The summed E-state index contributed by atoms with van der Waals surface area (Å²) in [5.74, 6) is -6.38. The lowest BCUT2D eigenvalue weighted by atomic mass is 10.2. The van der Waals surface area contributed by atoms with Crippen LogP contribution in [0.25, 0.3) is 4.13 Å². The van der Waals surface area contributed by atoms with Gasteiger partial charge in [-0.2, -0.15) is 17.6 Å². The van der Waals surface area contributed by atoms with Gasteiger partial charge in [0.2, 0.25) is 10.3 Å². The van der Waals surface area contributed by atoms with Crippen LogP contribution in [0.5, 0.6) is 0 Å². The molecule has 8 nitrogen and oxygen atoms in total. The van der Waals surface area contributed by atoms with Crippen molar-refractivity contribution in [3.8, 4) is 0 Å². The Morgan fingerprint density at radius 3 is 2.12 bits per heavy atom. The highest BCUT2D eigenvalue weighted by Gasteiger charge is 2.62. The SMILES string of the molecule is COS(=O)(=O)[N-]S(=O)(=O)C(F)(F)C(F)(F)CCOC(=O)c1ccccc1. The first-order valence-corrected chi connectivity index (χ1v) is 9.33. The molecule has 0 amide bonds. The van der Waals surface area contributed by atoms with E-state index in [1.165, 1.54) is 24.3 Å². The van der Waals surface area contributed by atoms with Crippen LogP contribution in [0.4, 0.5) is 17.6 Å². The highest BCUT2D eigenvalue weighted by Crippen LogP contribution is 2.44. The van der Waals surface area contributed by atoms with Crippen LogP contribution in [-0.4, -0.2) is 47.7 Å². The zero-order valence-corrected chi connectivity index (χ0v) is 14.6. The molecular formula is C12H12F4NO7S2-. The van der Waals surface area contributed by atoms with E-state index in [4.69, 9.17) is 0 Å². The monoisotopic (exact) mass is 422 g/mol.